The summed E-state index contributed by atoms with van der Waals surface area (Å²) in [5.74, 6) is 0.184. The summed E-state index contributed by atoms with van der Waals surface area (Å²) in [5, 5.41) is 16.2. The van der Waals surface area contributed by atoms with E-state index >= 15 is 0 Å². The number of non-ortho nitro benzene ring substituents is 1. The number of amides is 2. The second kappa shape index (κ2) is 6.77. The van der Waals surface area contributed by atoms with Gasteiger partial charge in [0.15, 0.2) is 0 Å². The second-order valence-electron chi connectivity index (χ2n) is 4.20. The van der Waals surface area contributed by atoms with Gasteiger partial charge >= 0.3 is 6.03 Å². The second-order valence-corrected chi connectivity index (χ2v) is 4.61. The molecule has 22 heavy (non-hydrogen) atoms. The number of hydrogen-bond donors (Lipinski definition) is 2. The minimum Gasteiger partial charge on any atom is -0.494 e. The first-order valence-corrected chi connectivity index (χ1v) is 6.54. The molecule has 0 spiro atoms. The number of para-hydroxylation sites is 1. The Hall–Kier alpha value is -2.80. The molecule has 2 aromatic carbocycles. The van der Waals surface area contributed by atoms with E-state index in [1.165, 1.54) is 25.3 Å². The van der Waals surface area contributed by atoms with Gasteiger partial charge in [-0.25, -0.2) is 4.79 Å². The number of nitrogens with zero attached hydrogens (tertiary/aromatic N) is 1. The Morgan fingerprint density at radius 2 is 1.86 bits per heavy atom. The summed E-state index contributed by atoms with van der Waals surface area (Å²) in [6, 6.07) is 10.1. The third-order valence-corrected chi connectivity index (χ3v) is 3.10. The molecular formula is C14H12ClN3O4. The van der Waals surface area contributed by atoms with E-state index in [0.29, 0.717) is 16.4 Å². The highest BCUT2D eigenvalue weighted by Crippen LogP contribution is 2.29. The molecule has 0 radical (unpaired) electrons. The highest BCUT2D eigenvalue weighted by molar-refractivity contribution is 6.33. The van der Waals surface area contributed by atoms with E-state index in [1.807, 2.05) is 0 Å². The molecule has 0 bridgehead atoms. The van der Waals surface area contributed by atoms with Crippen molar-refractivity contribution in [3.63, 3.8) is 0 Å². The largest absolute Gasteiger partial charge is 0.494 e. The molecule has 0 aliphatic carbocycles. The van der Waals surface area contributed by atoms with Crippen LogP contribution >= 0.6 is 11.6 Å². The van der Waals surface area contributed by atoms with Crippen molar-refractivity contribution in [3.8, 4) is 5.75 Å². The van der Waals surface area contributed by atoms with Crippen molar-refractivity contribution in [2.24, 2.45) is 0 Å². The maximum absolute atomic E-state index is 12.0. The van der Waals surface area contributed by atoms with Crippen molar-refractivity contribution in [2.75, 3.05) is 17.7 Å². The van der Waals surface area contributed by atoms with Gasteiger partial charge < -0.3 is 15.4 Å². The lowest BCUT2D eigenvalue weighted by Gasteiger charge is -2.11. The molecule has 2 rings (SSSR count). The SMILES string of the molecule is COc1cc([N+](=O)[O-])ccc1NC(=O)Nc1ccccc1Cl. The Morgan fingerprint density at radius 3 is 2.50 bits per heavy atom. The number of nitro benzene ring substituents is 1. The van der Waals surface area contributed by atoms with Crippen molar-refractivity contribution >= 4 is 34.7 Å². The lowest BCUT2D eigenvalue weighted by molar-refractivity contribution is -0.384. The van der Waals surface area contributed by atoms with Crippen molar-refractivity contribution in [3.05, 3.63) is 57.6 Å². The number of nitrogens with one attached hydrogen (secondary N) is 2. The fraction of sp³-hybridized carbons (Fsp3) is 0.0714. The van der Waals surface area contributed by atoms with Crippen molar-refractivity contribution in [1.29, 1.82) is 0 Å². The van der Waals surface area contributed by atoms with E-state index in [1.54, 1.807) is 24.3 Å². The van der Waals surface area contributed by atoms with E-state index < -0.39 is 11.0 Å². The molecule has 7 nitrogen and oxygen atoms in total. The standard InChI is InChI=1S/C14H12ClN3O4/c1-22-13-8-9(18(20)21)6-7-12(13)17-14(19)16-11-5-3-2-4-10(11)15/h2-8H,1H3,(H2,16,17,19). The van der Waals surface area contributed by atoms with Crippen LogP contribution in [0.4, 0.5) is 21.9 Å². The zero-order valence-electron chi connectivity index (χ0n) is 11.5. The molecule has 2 aromatic rings. The molecule has 0 aliphatic heterocycles. The number of methoxy groups -OCH3 is 1. The van der Waals surface area contributed by atoms with Gasteiger partial charge in [0.1, 0.15) is 5.75 Å². The lowest BCUT2D eigenvalue weighted by Crippen LogP contribution is -2.20. The zero-order valence-corrected chi connectivity index (χ0v) is 12.3. The number of carbonyl (C=O) groups excluding carboxylic acids is 1. The smallest absolute Gasteiger partial charge is 0.323 e. The molecule has 2 N–H and O–H groups in total. The monoisotopic (exact) mass is 321 g/mol. The third kappa shape index (κ3) is 3.64. The van der Waals surface area contributed by atoms with Gasteiger partial charge in [0, 0.05) is 6.07 Å². The lowest BCUT2D eigenvalue weighted by atomic mass is 10.2. The Labute approximate surface area is 131 Å². The number of carbonyl (C=O) groups is 1. The third-order valence-electron chi connectivity index (χ3n) is 2.77. The van der Waals surface area contributed by atoms with Gasteiger partial charge in [0.25, 0.3) is 5.69 Å². The summed E-state index contributed by atoms with van der Waals surface area (Å²) in [6.07, 6.45) is 0. The number of rotatable bonds is 4. The molecular weight excluding hydrogens is 310 g/mol. The molecule has 0 saturated heterocycles. The first-order valence-electron chi connectivity index (χ1n) is 6.16. The highest BCUT2D eigenvalue weighted by atomic mass is 35.5. The highest BCUT2D eigenvalue weighted by Gasteiger charge is 2.13. The molecule has 0 fully saturated rings. The minimum absolute atomic E-state index is 0.131. The first-order chi connectivity index (χ1) is 10.5. The maximum atomic E-state index is 12.0. The van der Waals surface area contributed by atoms with E-state index in [0.717, 1.165) is 0 Å². The topological polar surface area (TPSA) is 93.5 Å². The number of benzene rings is 2. The van der Waals surface area contributed by atoms with Crippen LogP contribution in [0.5, 0.6) is 5.75 Å². The summed E-state index contributed by atoms with van der Waals surface area (Å²) in [6.45, 7) is 0. The van der Waals surface area contributed by atoms with Gasteiger partial charge in [0.2, 0.25) is 0 Å². The molecule has 8 heteroatoms. The molecule has 0 unspecified atom stereocenters. The van der Waals surface area contributed by atoms with Gasteiger partial charge in [-0.3, -0.25) is 10.1 Å². The van der Waals surface area contributed by atoms with Crippen LogP contribution in [0.25, 0.3) is 0 Å². The number of anilines is 2. The van der Waals surface area contributed by atoms with Crippen LogP contribution in [-0.2, 0) is 0 Å². The van der Waals surface area contributed by atoms with Gasteiger partial charge in [-0.05, 0) is 18.2 Å². The van der Waals surface area contributed by atoms with Crippen LogP contribution < -0.4 is 15.4 Å². The molecule has 0 heterocycles. The minimum atomic E-state index is -0.546. The van der Waals surface area contributed by atoms with Crippen LogP contribution in [0.15, 0.2) is 42.5 Å². The average molecular weight is 322 g/mol. The fourth-order valence-corrected chi connectivity index (χ4v) is 1.92. The van der Waals surface area contributed by atoms with Crippen molar-refractivity contribution in [2.45, 2.75) is 0 Å². The quantitative estimate of drug-likeness (QED) is 0.659. The van der Waals surface area contributed by atoms with Gasteiger partial charge in [-0.15, -0.1) is 0 Å². The number of halogens is 1. The van der Waals surface area contributed by atoms with E-state index in [4.69, 9.17) is 16.3 Å². The van der Waals surface area contributed by atoms with E-state index in [-0.39, 0.29) is 11.4 Å². The Balaban J connectivity index is 2.15. The Bertz CT molecular complexity index is 721. The fourth-order valence-electron chi connectivity index (χ4n) is 1.74. The Kier molecular flexibility index (Phi) is 4.80. The average Bonchev–Trinajstić information content (AvgIpc) is 2.49. The first kappa shape index (κ1) is 15.6. The van der Waals surface area contributed by atoms with Crippen molar-refractivity contribution in [1.82, 2.24) is 0 Å². The van der Waals surface area contributed by atoms with Crippen LogP contribution in [0.2, 0.25) is 5.02 Å². The summed E-state index contributed by atoms with van der Waals surface area (Å²) in [7, 11) is 1.36. The molecule has 0 saturated carbocycles. The summed E-state index contributed by atoms with van der Waals surface area (Å²) in [4.78, 5) is 22.1. The maximum Gasteiger partial charge on any atom is 0.323 e. The van der Waals surface area contributed by atoms with Crippen LogP contribution in [-0.4, -0.2) is 18.1 Å². The van der Waals surface area contributed by atoms with Gasteiger partial charge in [0.05, 0.1) is 34.5 Å². The predicted molar refractivity (Wildman–Crippen MR) is 83.7 cm³/mol. The molecule has 114 valence electrons. The van der Waals surface area contributed by atoms with Crippen LogP contribution in [0.1, 0.15) is 0 Å². The van der Waals surface area contributed by atoms with E-state index in [9.17, 15) is 14.9 Å². The number of hydrogen-bond acceptors (Lipinski definition) is 4. The normalized spacial score (nSPS) is 9.91. The molecule has 2 amide bonds. The summed E-state index contributed by atoms with van der Waals surface area (Å²) >= 11 is 5.94. The zero-order chi connectivity index (χ0) is 16.1. The van der Waals surface area contributed by atoms with Crippen LogP contribution in [0.3, 0.4) is 0 Å². The molecule has 0 atom stereocenters. The van der Waals surface area contributed by atoms with E-state index in [2.05, 4.69) is 10.6 Å². The Morgan fingerprint density at radius 1 is 1.18 bits per heavy atom. The van der Waals surface area contributed by atoms with Crippen LogP contribution in [0, 0.1) is 10.1 Å². The number of ether oxygens (including phenoxy) is 1. The number of nitro groups is 1. The molecule has 0 aromatic heterocycles. The molecule has 0 aliphatic rings. The predicted octanol–water partition coefficient (Wildman–Crippen LogP) is 3.90. The summed E-state index contributed by atoms with van der Waals surface area (Å²) < 4.78 is 5.04. The van der Waals surface area contributed by atoms with Gasteiger partial charge in [-0.2, -0.15) is 0 Å². The summed E-state index contributed by atoms with van der Waals surface area (Å²) in [5.41, 5.74) is 0.620. The van der Waals surface area contributed by atoms with Crippen molar-refractivity contribution < 1.29 is 14.5 Å². The van der Waals surface area contributed by atoms with Gasteiger partial charge in [-0.1, -0.05) is 23.7 Å². The number of urea groups is 1.